The number of fused-ring (bicyclic) bond motifs is 1. The number of nitrogens with one attached hydrogen (secondary N) is 5. The standard InChI is InChI=1S/C41H54N8O8S2/c1-5-26(4)34(23-50)46-38(53)21-36(51)31(18-25(2)3)47-40(55)33(20-29-22-42-24-44-29)48-39(54)32(19-28-12-8-11-27-10-6-7-13-30(27)28)45-37(52)15-17-58-59-41-35(49(56)57)14-9-16-43-41/h6-14,16,22,24-26,31-34,36,50-51H,5,15,17-21,23H2,1-4H3,(H,42,44)(H,45,52)(H,46,53)(H,47,55)(H,48,54)/t26-,31-,32-,33-,34+,36-/m0/s1. The Bertz CT molecular complexity index is 2000. The molecule has 0 aliphatic carbocycles. The summed E-state index contributed by atoms with van der Waals surface area (Å²) in [5, 5.41) is 45.9. The highest BCUT2D eigenvalue weighted by molar-refractivity contribution is 8.76. The van der Waals surface area contributed by atoms with Gasteiger partial charge in [-0.15, -0.1) is 0 Å². The number of nitro groups is 1. The van der Waals surface area contributed by atoms with Crippen molar-refractivity contribution < 1.29 is 34.3 Å². The molecule has 4 rings (SSSR count). The number of benzene rings is 2. The van der Waals surface area contributed by atoms with Crippen LogP contribution in [0.4, 0.5) is 5.69 Å². The fourth-order valence-electron chi connectivity index (χ4n) is 6.43. The lowest BCUT2D eigenvalue weighted by Gasteiger charge is -2.29. The van der Waals surface area contributed by atoms with E-state index in [0.717, 1.165) is 33.6 Å². The molecule has 6 atom stereocenters. The Morgan fingerprint density at radius 1 is 0.881 bits per heavy atom. The van der Waals surface area contributed by atoms with Crippen LogP contribution in [0.5, 0.6) is 0 Å². The molecule has 18 heteroatoms. The lowest BCUT2D eigenvalue weighted by Crippen LogP contribution is -2.57. The minimum Gasteiger partial charge on any atom is -0.394 e. The van der Waals surface area contributed by atoms with Crippen molar-refractivity contribution >= 4 is 61.7 Å². The van der Waals surface area contributed by atoms with E-state index in [-0.39, 0.29) is 60.6 Å². The molecule has 4 amide bonds. The fourth-order valence-corrected chi connectivity index (χ4v) is 8.45. The van der Waals surface area contributed by atoms with Crippen molar-refractivity contribution in [2.75, 3.05) is 12.4 Å². The minimum atomic E-state index is -1.28. The lowest BCUT2D eigenvalue weighted by atomic mass is 9.95. The smallest absolute Gasteiger partial charge is 0.302 e. The van der Waals surface area contributed by atoms with Crippen molar-refractivity contribution in [2.24, 2.45) is 11.8 Å². The summed E-state index contributed by atoms with van der Waals surface area (Å²) in [4.78, 5) is 76.9. The van der Waals surface area contributed by atoms with Gasteiger partial charge >= 0.3 is 5.69 Å². The molecular weight excluding hydrogens is 797 g/mol. The third kappa shape index (κ3) is 14.6. The van der Waals surface area contributed by atoms with Gasteiger partial charge in [0.2, 0.25) is 23.6 Å². The molecule has 0 aliphatic rings. The SMILES string of the molecule is CC[C@H](C)[C@@H](CO)NC(=O)C[C@H](O)[C@H](CC(C)C)NC(=O)[C@H](Cc1c[nH]cn1)NC(=O)[C@H](Cc1cccc2ccccc12)NC(=O)CCSSc1ncccc1[N+](=O)[O-]. The average Bonchev–Trinajstić information content (AvgIpc) is 3.73. The van der Waals surface area contributed by atoms with Gasteiger partial charge in [0.15, 0.2) is 5.03 Å². The molecule has 0 saturated heterocycles. The quantitative estimate of drug-likeness (QED) is 0.0227. The summed E-state index contributed by atoms with van der Waals surface area (Å²) < 4.78 is 0. The van der Waals surface area contributed by atoms with E-state index in [9.17, 15) is 39.5 Å². The van der Waals surface area contributed by atoms with E-state index in [1.165, 1.54) is 35.5 Å². The van der Waals surface area contributed by atoms with E-state index in [1.54, 1.807) is 6.20 Å². The van der Waals surface area contributed by atoms with E-state index >= 15 is 0 Å². The number of H-pyrrole nitrogens is 1. The van der Waals surface area contributed by atoms with Gasteiger partial charge in [0.25, 0.3) is 0 Å². The van der Waals surface area contributed by atoms with Crippen LogP contribution in [0.2, 0.25) is 0 Å². The van der Waals surface area contributed by atoms with Crippen LogP contribution in [0, 0.1) is 22.0 Å². The summed E-state index contributed by atoms with van der Waals surface area (Å²) in [5.41, 5.74) is 1.13. The topological polar surface area (TPSA) is 242 Å². The molecule has 2 aromatic heterocycles. The number of carbonyl (C=O) groups excluding carboxylic acids is 4. The molecule has 0 radical (unpaired) electrons. The Kier molecular flexibility index (Phi) is 18.6. The maximum atomic E-state index is 14.3. The van der Waals surface area contributed by atoms with Crippen LogP contribution < -0.4 is 21.3 Å². The second-order valence-electron chi connectivity index (χ2n) is 14.8. The number of imidazole rings is 1. The molecule has 7 N–H and O–H groups in total. The maximum Gasteiger partial charge on any atom is 0.302 e. The molecule has 59 heavy (non-hydrogen) atoms. The zero-order valence-electron chi connectivity index (χ0n) is 33.6. The molecule has 0 saturated carbocycles. The van der Waals surface area contributed by atoms with E-state index < -0.39 is 58.8 Å². The molecule has 0 fully saturated rings. The summed E-state index contributed by atoms with van der Waals surface area (Å²) >= 11 is 0. The van der Waals surface area contributed by atoms with Gasteiger partial charge in [-0.25, -0.2) is 9.97 Å². The first-order chi connectivity index (χ1) is 28.3. The molecule has 2 heterocycles. The second kappa shape index (κ2) is 23.5. The molecule has 16 nitrogen and oxygen atoms in total. The molecule has 0 bridgehead atoms. The minimum absolute atomic E-state index is 0.00848. The van der Waals surface area contributed by atoms with Gasteiger partial charge < -0.3 is 36.5 Å². The zero-order valence-corrected chi connectivity index (χ0v) is 35.3. The highest BCUT2D eigenvalue weighted by Gasteiger charge is 2.32. The van der Waals surface area contributed by atoms with Gasteiger partial charge in [-0.05, 0) is 51.5 Å². The molecule has 2 aromatic carbocycles. The first-order valence-corrected chi connectivity index (χ1v) is 21.9. The van der Waals surface area contributed by atoms with Gasteiger partial charge in [-0.2, -0.15) is 0 Å². The number of pyridine rings is 1. The van der Waals surface area contributed by atoms with Crippen LogP contribution in [0.3, 0.4) is 0 Å². The average molecular weight is 851 g/mol. The number of hydrogen-bond donors (Lipinski definition) is 7. The Hall–Kier alpha value is -5.04. The van der Waals surface area contributed by atoms with Crippen molar-refractivity contribution in [2.45, 2.75) is 102 Å². The maximum absolute atomic E-state index is 14.3. The van der Waals surface area contributed by atoms with Crippen molar-refractivity contribution in [1.29, 1.82) is 0 Å². The van der Waals surface area contributed by atoms with Crippen molar-refractivity contribution in [1.82, 2.24) is 36.2 Å². The van der Waals surface area contributed by atoms with Crippen molar-refractivity contribution in [3.05, 3.63) is 94.7 Å². The van der Waals surface area contributed by atoms with Crippen LogP contribution in [-0.4, -0.2) is 96.3 Å². The fraction of sp³-hybridized carbons (Fsp3) is 0.463. The number of hydrogen-bond acceptors (Lipinski definition) is 12. The van der Waals surface area contributed by atoms with E-state index in [2.05, 4.69) is 36.2 Å². The normalized spacial score (nSPS) is 14.4. The highest BCUT2D eigenvalue weighted by Crippen LogP contribution is 2.35. The molecule has 4 aromatic rings. The third-order valence-electron chi connectivity index (χ3n) is 9.84. The monoisotopic (exact) mass is 850 g/mol. The van der Waals surface area contributed by atoms with Crippen molar-refractivity contribution in [3.63, 3.8) is 0 Å². The first kappa shape index (κ1) is 46.6. The van der Waals surface area contributed by atoms with Gasteiger partial charge in [-0.3, -0.25) is 29.3 Å². The van der Waals surface area contributed by atoms with Crippen LogP contribution in [-0.2, 0) is 32.0 Å². The van der Waals surface area contributed by atoms with Gasteiger partial charge in [0.1, 0.15) is 12.1 Å². The Balaban J connectivity index is 1.53. The van der Waals surface area contributed by atoms with Gasteiger partial charge in [-0.1, -0.05) is 87.4 Å². The first-order valence-electron chi connectivity index (χ1n) is 19.6. The van der Waals surface area contributed by atoms with E-state index in [4.69, 9.17) is 0 Å². The summed E-state index contributed by atoms with van der Waals surface area (Å²) in [5.74, 6) is -1.89. The van der Waals surface area contributed by atoms with Crippen LogP contribution in [0.1, 0.15) is 64.6 Å². The predicted molar refractivity (Wildman–Crippen MR) is 228 cm³/mol. The number of nitrogens with zero attached hydrogens (tertiary/aromatic N) is 3. The van der Waals surface area contributed by atoms with Crippen LogP contribution in [0.25, 0.3) is 10.8 Å². The number of rotatable bonds is 24. The Labute approximate surface area is 351 Å². The zero-order chi connectivity index (χ0) is 42.9. The molecule has 318 valence electrons. The van der Waals surface area contributed by atoms with Crippen LogP contribution in [0.15, 0.2) is 78.3 Å². The number of amides is 4. The molecular formula is C41H54N8O8S2. The highest BCUT2D eigenvalue weighted by atomic mass is 33.1. The lowest BCUT2D eigenvalue weighted by molar-refractivity contribution is -0.388. The number of aliphatic hydroxyl groups excluding tert-OH is 2. The van der Waals surface area contributed by atoms with Gasteiger partial charge in [0.05, 0.1) is 48.2 Å². The third-order valence-corrected chi connectivity index (χ3v) is 12.1. The number of aliphatic hydroxyl groups is 2. The van der Waals surface area contributed by atoms with Crippen molar-refractivity contribution in [3.8, 4) is 0 Å². The van der Waals surface area contributed by atoms with Gasteiger partial charge in [0, 0.05) is 43.5 Å². The summed E-state index contributed by atoms with van der Waals surface area (Å²) in [6.45, 7) is 7.44. The molecule has 0 spiro atoms. The molecule has 0 unspecified atom stereocenters. The second-order valence-corrected chi connectivity index (χ2v) is 17.2. The Morgan fingerprint density at radius 2 is 1.61 bits per heavy atom. The number of aromatic amines is 1. The number of carbonyl (C=O) groups is 4. The largest absolute Gasteiger partial charge is 0.394 e. The Morgan fingerprint density at radius 3 is 2.31 bits per heavy atom. The van der Waals surface area contributed by atoms with E-state index in [0.29, 0.717) is 12.1 Å². The summed E-state index contributed by atoms with van der Waals surface area (Å²) in [6.07, 6.45) is 3.98. The van der Waals surface area contributed by atoms with Crippen LogP contribution >= 0.6 is 21.6 Å². The summed E-state index contributed by atoms with van der Waals surface area (Å²) in [6, 6.07) is 12.5. The van der Waals surface area contributed by atoms with E-state index in [1.807, 2.05) is 70.2 Å². The molecule has 0 aliphatic heterocycles. The number of aromatic nitrogens is 3. The summed E-state index contributed by atoms with van der Waals surface area (Å²) in [7, 11) is 2.29. The predicted octanol–water partition coefficient (Wildman–Crippen LogP) is 4.26.